The molecule has 0 aliphatic carbocycles. The van der Waals surface area contributed by atoms with Crippen molar-refractivity contribution in [1.29, 1.82) is 0 Å². The van der Waals surface area contributed by atoms with E-state index in [1.54, 1.807) is 11.8 Å². The standard InChI is InChI=1S/C7H13NO2S/c1-2-11-5-3-4-8-6(5)7(9)10/h5-6,8H,2-4H2,1H3,(H,9,10)/t5-,6-/m0/s1. The zero-order valence-electron chi connectivity index (χ0n) is 6.54. The Morgan fingerprint density at radius 1 is 1.82 bits per heavy atom. The molecule has 2 atom stereocenters. The lowest BCUT2D eigenvalue weighted by atomic mass is 10.2. The maximum atomic E-state index is 10.6. The third-order valence-corrected chi connectivity index (χ3v) is 3.08. The lowest BCUT2D eigenvalue weighted by Gasteiger charge is -2.13. The van der Waals surface area contributed by atoms with Gasteiger partial charge in [0.15, 0.2) is 0 Å². The molecule has 0 saturated carbocycles. The van der Waals surface area contributed by atoms with Crippen LogP contribution in [0, 0.1) is 0 Å². The summed E-state index contributed by atoms with van der Waals surface area (Å²) in [4.78, 5) is 10.6. The molecule has 11 heavy (non-hydrogen) atoms. The molecule has 3 nitrogen and oxygen atoms in total. The minimum Gasteiger partial charge on any atom is -0.480 e. The first kappa shape index (κ1) is 8.87. The topological polar surface area (TPSA) is 49.3 Å². The van der Waals surface area contributed by atoms with Gasteiger partial charge in [0.1, 0.15) is 6.04 Å². The highest BCUT2D eigenvalue weighted by Gasteiger charge is 2.31. The molecule has 0 aromatic heterocycles. The van der Waals surface area contributed by atoms with Crippen molar-refractivity contribution in [1.82, 2.24) is 5.32 Å². The molecular weight excluding hydrogens is 162 g/mol. The molecule has 0 unspecified atom stereocenters. The molecule has 0 aromatic rings. The average Bonchev–Trinajstić information content (AvgIpc) is 2.36. The molecule has 4 heteroatoms. The second-order valence-electron chi connectivity index (χ2n) is 2.55. The van der Waals surface area contributed by atoms with Gasteiger partial charge in [0.2, 0.25) is 0 Å². The summed E-state index contributed by atoms with van der Waals surface area (Å²) in [5, 5.41) is 12.0. The van der Waals surface area contributed by atoms with Crippen molar-refractivity contribution in [3.05, 3.63) is 0 Å². The third kappa shape index (κ3) is 2.10. The third-order valence-electron chi connectivity index (χ3n) is 1.81. The van der Waals surface area contributed by atoms with Crippen LogP contribution in [0.4, 0.5) is 0 Å². The summed E-state index contributed by atoms with van der Waals surface area (Å²) in [5.41, 5.74) is 0. The van der Waals surface area contributed by atoms with E-state index < -0.39 is 5.97 Å². The normalized spacial score (nSPS) is 30.6. The van der Waals surface area contributed by atoms with Crippen LogP contribution in [0.15, 0.2) is 0 Å². The Labute approximate surface area is 70.6 Å². The van der Waals surface area contributed by atoms with Crippen molar-refractivity contribution in [3.63, 3.8) is 0 Å². The zero-order chi connectivity index (χ0) is 8.27. The summed E-state index contributed by atoms with van der Waals surface area (Å²) in [6.45, 7) is 2.90. The molecule has 64 valence electrons. The molecule has 1 heterocycles. The molecule has 0 spiro atoms. The van der Waals surface area contributed by atoms with Crippen LogP contribution < -0.4 is 5.32 Å². The van der Waals surface area contributed by atoms with Crippen LogP contribution in [0.1, 0.15) is 13.3 Å². The number of carboxylic acid groups (broad SMARTS) is 1. The van der Waals surface area contributed by atoms with Gasteiger partial charge in [-0.2, -0.15) is 11.8 Å². The van der Waals surface area contributed by atoms with Gasteiger partial charge >= 0.3 is 5.97 Å². The van der Waals surface area contributed by atoms with E-state index >= 15 is 0 Å². The Hall–Kier alpha value is -0.220. The predicted octanol–water partition coefficient (Wildman–Crippen LogP) is 0.555. The first-order chi connectivity index (χ1) is 5.25. The molecule has 0 amide bonds. The van der Waals surface area contributed by atoms with E-state index in [0.29, 0.717) is 0 Å². The molecule has 2 N–H and O–H groups in total. The molecule has 0 aromatic carbocycles. The number of hydrogen-bond donors (Lipinski definition) is 2. The Bertz CT molecular complexity index is 151. The summed E-state index contributed by atoms with van der Waals surface area (Å²) in [7, 11) is 0. The Kier molecular flexibility index (Phi) is 3.20. The molecule has 1 aliphatic heterocycles. The number of carboxylic acids is 1. The Balaban J connectivity index is 2.44. The van der Waals surface area contributed by atoms with Gasteiger partial charge in [-0.15, -0.1) is 0 Å². The van der Waals surface area contributed by atoms with Gasteiger partial charge in [0.05, 0.1) is 0 Å². The quantitative estimate of drug-likeness (QED) is 0.658. The lowest BCUT2D eigenvalue weighted by Crippen LogP contribution is -2.36. The lowest BCUT2D eigenvalue weighted by molar-refractivity contribution is -0.138. The summed E-state index contributed by atoms with van der Waals surface area (Å²) in [5.74, 6) is 0.282. The van der Waals surface area contributed by atoms with Crippen LogP contribution in [0.25, 0.3) is 0 Å². The number of hydrogen-bond acceptors (Lipinski definition) is 3. The maximum absolute atomic E-state index is 10.6. The summed E-state index contributed by atoms with van der Waals surface area (Å²) in [6, 6.07) is -0.319. The van der Waals surface area contributed by atoms with Crippen LogP contribution in [0.3, 0.4) is 0 Å². The van der Waals surface area contributed by atoms with Crippen LogP contribution >= 0.6 is 11.8 Å². The van der Waals surface area contributed by atoms with Gasteiger partial charge in [-0.25, -0.2) is 0 Å². The Morgan fingerprint density at radius 2 is 2.55 bits per heavy atom. The second kappa shape index (κ2) is 3.97. The highest BCUT2D eigenvalue weighted by molar-refractivity contribution is 7.99. The van der Waals surface area contributed by atoms with Crippen molar-refractivity contribution < 1.29 is 9.90 Å². The Morgan fingerprint density at radius 3 is 3.09 bits per heavy atom. The number of rotatable bonds is 3. The SMILES string of the molecule is CCS[C@H]1CCN[C@@H]1C(=O)O. The van der Waals surface area contributed by atoms with Crippen molar-refractivity contribution in [2.75, 3.05) is 12.3 Å². The highest BCUT2D eigenvalue weighted by Crippen LogP contribution is 2.22. The number of aliphatic carboxylic acids is 1. The van der Waals surface area contributed by atoms with E-state index in [4.69, 9.17) is 5.11 Å². The first-order valence-corrected chi connectivity index (χ1v) is 4.88. The van der Waals surface area contributed by atoms with Crippen molar-refractivity contribution in [3.8, 4) is 0 Å². The molecule has 1 aliphatic rings. The monoisotopic (exact) mass is 175 g/mol. The summed E-state index contributed by atoms with van der Waals surface area (Å²) >= 11 is 1.73. The van der Waals surface area contributed by atoms with Gasteiger partial charge < -0.3 is 10.4 Å². The fraction of sp³-hybridized carbons (Fsp3) is 0.857. The predicted molar refractivity (Wildman–Crippen MR) is 46.0 cm³/mol. The van der Waals surface area contributed by atoms with Crippen LogP contribution in [0.2, 0.25) is 0 Å². The van der Waals surface area contributed by atoms with E-state index in [9.17, 15) is 4.79 Å². The molecule has 1 saturated heterocycles. The summed E-state index contributed by atoms with van der Waals surface area (Å²) < 4.78 is 0. The van der Waals surface area contributed by atoms with Gasteiger partial charge in [0, 0.05) is 5.25 Å². The average molecular weight is 175 g/mol. The van der Waals surface area contributed by atoms with Crippen molar-refractivity contribution in [2.24, 2.45) is 0 Å². The largest absolute Gasteiger partial charge is 0.480 e. The number of nitrogens with one attached hydrogen (secondary N) is 1. The minimum absolute atomic E-state index is 0.275. The van der Waals surface area contributed by atoms with Gasteiger partial charge in [0.25, 0.3) is 0 Å². The van der Waals surface area contributed by atoms with Crippen molar-refractivity contribution >= 4 is 17.7 Å². The van der Waals surface area contributed by atoms with Gasteiger partial charge in [-0.05, 0) is 18.7 Å². The van der Waals surface area contributed by atoms with Gasteiger partial charge in [-0.1, -0.05) is 6.92 Å². The highest BCUT2D eigenvalue weighted by atomic mass is 32.2. The summed E-state index contributed by atoms with van der Waals surface area (Å²) in [6.07, 6.45) is 0.982. The first-order valence-electron chi connectivity index (χ1n) is 3.83. The van der Waals surface area contributed by atoms with E-state index in [-0.39, 0.29) is 11.3 Å². The maximum Gasteiger partial charge on any atom is 0.321 e. The molecule has 0 bridgehead atoms. The molecule has 0 radical (unpaired) electrons. The fourth-order valence-corrected chi connectivity index (χ4v) is 2.44. The molecular formula is C7H13NO2S. The fourth-order valence-electron chi connectivity index (χ4n) is 1.32. The molecule has 1 fully saturated rings. The number of carbonyl (C=O) groups is 1. The van der Waals surface area contributed by atoms with E-state index in [1.165, 1.54) is 0 Å². The minimum atomic E-state index is -0.714. The van der Waals surface area contributed by atoms with E-state index in [1.807, 2.05) is 0 Å². The molecule has 1 rings (SSSR count). The number of thioether (sulfide) groups is 1. The van der Waals surface area contributed by atoms with Gasteiger partial charge in [-0.3, -0.25) is 4.79 Å². The van der Waals surface area contributed by atoms with E-state index in [2.05, 4.69) is 12.2 Å². The van der Waals surface area contributed by atoms with Crippen molar-refractivity contribution in [2.45, 2.75) is 24.6 Å². The van der Waals surface area contributed by atoms with Crippen LogP contribution in [-0.2, 0) is 4.79 Å². The van der Waals surface area contributed by atoms with Crippen LogP contribution in [-0.4, -0.2) is 34.7 Å². The van der Waals surface area contributed by atoms with E-state index in [0.717, 1.165) is 18.7 Å². The zero-order valence-corrected chi connectivity index (χ0v) is 7.36. The van der Waals surface area contributed by atoms with Crippen LogP contribution in [0.5, 0.6) is 0 Å². The smallest absolute Gasteiger partial charge is 0.321 e. The second-order valence-corrected chi connectivity index (χ2v) is 4.07.